The molecule has 5 nitrogen and oxygen atoms in total. The summed E-state index contributed by atoms with van der Waals surface area (Å²) in [6, 6.07) is 0. The molecule has 0 spiro atoms. The Hall–Kier alpha value is 1.90. The predicted octanol–water partition coefficient (Wildman–Crippen LogP) is -3.77. The zero-order chi connectivity index (χ0) is 4.50. The first-order valence-electron chi connectivity index (χ1n) is 0.683. The monoisotopic (exact) mass is 187 g/mol. The molecule has 0 fully saturated rings. The number of rotatable bonds is 0. The first-order valence-corrected chi connectivity index (χ1v) is 2.05. The van der Waals surface area contributed by atoms with Crippen LogP contribution in [0.2, 0.25) is 0 Å². The van der Waals surface area contributed by atoms with Gasteiger partial charge in [0.25, 0.3) is 0 Å². The maximum absolute atomic E-state index is 8.63. The Morgan fingerprint density at radius 1 is 1.38 bits per heavy atom. The summed E-state index contributed by atoms with van der Waals surface area (Å²) < 4.78 is 32.8. The van der Waals surface area contributed by atoms with Crippen LogP contribution in [0.3, 0.4) is 0 Å². The molecule has 0 rings (SSSR count). The van der Waals surface area contributed by atoms with Gasteiger partial charge in [-0.2, -0.15) is 9.90 Å². The van der Waals surface area contributed by atoms with Gasteiger partial charge in [0.1, 0.15) is 0 Å². The van der Waals surface area contributed by atoms with Crippen LogP contribution in [0.25, 0.3) is 0 Å². The van der Waals surface area contributed by atoms with Crippen LogP contribution < -0.4 is 57.5 Å². The van der Waals surface area contributed by atoms with Gasteiger partial charge in [0.15, 0.2) is 0 Å². The molecule has 0 heterocycles. The second-order valence-electron chi connectivity index (χ2n) is 0.428. The summed E-state index contributed by atoms with van der Waals surface area (Å²) in [5.41, 5.74) is 0. The van der Waals surface area contributed by atoms with E-state index >= 15 is 0 Å². The molecule has 1 atom stereocenters. The van der Waals surface area contributed by atoms with Crippen molar-refractivity contribution in [3.05, 3.63) is 0 Å². The van der Waals surface area contributed by atoms with Crippen LogP contribution in [0, 0.1) is 0 Å². The maximum Gasteiger partial charge on any atom is 1.00 e. The second-order valence-corrected chi connectivity index (χ2v) is 1.28. The van der Waals surface area contributed by atoms with Gasteiger partial charge in [-0.15, -0.1) is 0 Å². The molecule has 0 bridgehead atoms. The Morgan fingerprint density at radius 2 is 1.38 bits per heavy atom. The third-order valence-corrected chi connectivity index (χ3v) is 0. The number of hydrogen-bond donors (Lipinski definition) is 2. The van der Waals surface area contributed by atoms with Gasteiger partial charge in [0, 0.05) is 0 Å². The summed E-state index contributed by atoms with van der Waals surface area (Å²) in [6.07, 6.45) is 0. The van der Waals surface area contributed by atoms with Crippen LogP contribution in [-0.2, 0) is 10.4 Å². The smallest absolute Gasteiger partial charge is 0.726 e. The minimum Gasteiger partial charge on any atom is -0.726 e. The fourth-order valence-corrected chi connectivity index (χ4v) is 0. The van der Waals surface area contributed by atoms with Crippen LogP contribution >= 0.6 is 9.90 Å². The molecular weight excluding hydrogens is 180 g/mol. The molecule has 0 aromatic rings. The first-order chi connectivity index (χ1) is 2.00. The van der Waals surface area contributed by atoms with E-state index in [0.29, 0.717) is 0 Å². The fourth-order valence-electron chi connectivity index (χ4n) is 0. The van der Waals surface area contributed by atoms with Crippen LogP contribution in [0.1, 0.15) is 0 Å². The van der Waals surface area contributed by atoms with Gasteiger partial charge in [-0.1, -0.05) is 0 Å². The van der Waals surface area contributed by atoms with E-state index in [4.69, 9.17) is 17.5 Å². The maximum atomic E-state index is 8.63. The third-order valence-electron chi connectivity index (χ3n) is 0. The normalized spacial score (nSPS) is 7.25. The van der Waals surface area contributed by atoms with Crippen molar-refractivity contribution >= 4 is 20.3 Å². The molecule has 8 heavy (non-hydrogen) atoms. The van der Waals surface area contributed by atoms with E-state index in [9.17, 15) is 0 Å². The number of hydrogen-bond acceptors (Lipinski definition) is 4. The van der Waals surface area contributed by atoms with Gasteiger partial charge in [0.2, 0.25) is 10.4 Å². The van der Waals surface area contributed by atoms with Gasteiger partial charge in [-0.25, -0.2) is 8.42 Å². The predicted molar refractivity (Wildman–Crippen MR) is 28.5 cm³/mol. The van der Waals surface area contributed by atoms with E-state index in [2.05, 4.69) is 0 Å². The van der Waals surface area contributed by atoms with E-state index in [1.165, 1.54) is 0 Å². The Morgan fingerprint density at radius 3 is 1.38 bits per heavy atom. The summed E-state index contributed by atoms with van der Waals surface area (Å²) >= 11 is 0. The minimum absolute atomic E-state index is 0. The van der Waals surface area contributed by atoms with E-state index in [1.807, 2.05) is 0 Å². The van der Waals surface area contributed by atoms with Crippen LogP contribution in [0.4, 0.5) is 0 Å². The standard InChI is InChI=1S/K.H3N.H2O4S.H3P/c;;1-5(2,3)4;/h;1H3;(H2,1,2,3,4);1H3/q+1;;;/p-1. The summed E-state index contributed by atoms with van der Waals surface area (Å²) in [6.45, 7) is 0. The summed E-state index contributed by atoms with van der Waals surface area (Å²) in [5, 5.41) is 0. The van der Waals surface area contributed by atoms with Gasteiger partial charge in [-0.05, 0) is 0 Å². The van der Waals surface area contributed by atoms with Gasteiger partial charge in [-0.3, -0.25) is 4.55 Å². The van der Waals surface area contributed by atoms with Crippen LogP contribution in [0.15, 0.2) is 0 Å². The molecule has 0 radical (unpaired) electrons. The molecular formula is H7KNO4PS. The molecule has 0 saturated heterocycles. The van der Waals surface area contributed by atoms with Crippen molar-refractivity contribution in [2.24, 2.45) is 0 Å². The molecule has 0 aromatic heterocycles. The molecule has 48 valence electrons. The zero-order valence-electron chi connectivity index (χ0n) is 4.49. The molecule has 0 amide bonds. The molecule has 4 N–H and O–H groups in total. The van der Waals surface area contributed by atoms with Crippen LogP contribution in [0.5, 0.6) is 0 Å². The van der Waals surface area contributed by atoms with Crippen molar-refractivity contribution in [2.45, 2.75) is 0 Å². The van der Waals surface area contributed by atoms with E-state index < -0.39 is 10.4 Å². The Balaban J connectivity index is -0.0000000267. The average Bonchev–Trinajstić information content (AvgIpc) is 0.722. The summed E-state index contributed by atoms with van der Waals surface area (Å²) in [5.74, 6) is 0. The fraction of sp³-hybridized carbons (Fsp3) is 0. The van der Waals surface area contributed by atoms with Crippen molar-refractivity contribution < 1.29 is 68.9 Å². The SMILES string of the molecule is N.O=S(=O)([O-])O.P.[K+]. The molecule has 8 heteroatoms. The molecule has 0 aliphatic rings. The van der Waals surface area contributed by atoms with Gasteiger partial charge in [0.05, 0.1) is 0 Å². The van der Waals surface area contributed by atoms with E-state index in [0.717, 1.165) is 0 Å². The summed E-state index contributed by atoms with van der Waals surface area (Å²) in [4.78, 5) is 0. The molecule has 0 saturated carbocycles. The largest absolute Gasteiger partial charge is 1.00 e. The molecule has 0 aromatic carbocycles. The van der Waals surface area contributed by atoms with Gasteiger partial charge < -0.3 is 10.7 Å². The molecule has 0 aliphatic carbocycles. The van der Waals surface area contributed by atoms with Crippen molar-refractivity contribution in [2.75, 3.05) is 0 Å². The van der Waals surface area contributed by atoms with Crippen molar-refractivity contribution in [3.8, 4) is 0 Å². The first kappa shape index (κ1) is 22.5. The van der Waals surface area contributed by atoms with Crippen molar-refractivity contribution in [1.29, 1.82) is 0 Å². The Bertz CT molecular complexity index is 99.2. The zero-order valence-corrected chi connectivity index (χ0v) is 9.85. The molecule has 1 unspecified atom stereocenters. The Labute approximate surface area is 93.8 Å². The van der Waals surface area contributed by atoms with Crippen LogP contribution in [-0.4, -0.2) is 17.5 Å². The topological polar surface area (TPSA) is 112 Å². The van der Waals surface area contributed by atoms with Gasteiger partial charge >= 0.3 is 51.4 Å². The second kappa shape index (κ2) is 8.90. The Kier molecular flexibility index (Phi) is 25.1. The average molecular weight is 187 g/mol. The van der Waals surface area contributed by atoms with E-state index in [-0.39, 0.29) is 67.4 Å². The third kappa shape index (κ3) is 104. The minimum atomic E-state index is -4.92. The quantitative estimate of drug-likeness (QED) is 0.175. The molecule has 0 aliphatic heterocycles. The van der Waals surface area contributed by atoms with E-state index in [1.54, 1.807) is 0 Å². The summed E-state index contributed by atoms with van der Waals surface area (Å²) in [7, 11) is -4.92. The van der Waals surface area contributed by atoms with Crippen molar-refractivity contribution in [1.82, 2.24) is 6.15 Å². The van der Waals surface area contributed by atoms with Crippen molar-refractivity contribution in [3.63, 3.8) is 0 Å².